The van der Waals surface area contributed by atoms with Gasteiger partial charge in [-0.15, -0.1) is 24.0 Å². The summed E-state index contributed by atoms with van der Waals surface area (Å²) in [5, 5.41) is 7.91. The Morgan fingerprint density at radius 3 is 2.69 bits per heavy atom. The number of hydrogen-bond donors (Lipinski definition) is 1. The molecular formula is C18H31IN6O. The Labute approximate surface area is 173 Å². The Balaban J connectivity index is 0.00000243. The van der Waals surface area contributed by atoms with E-state index in [0.29, 0.717) is 12.0 Å². The fourth-order valence-electron chi connectivity index (χ4n) is 3.65. The third-order valence-electron chi connectivity index (χ3n) is 5.24. The summed E-state index contributed by atoms with van der Waals surface area (Å²) in [6, 6.07) is 0.491. The summed E-state index contributed by atoms with van der Waals surface area (Å²) in [6.45, 7) is 2.10. The van der Waals surface area contributed by atoms with Crippen LogP contribution in [0, 0.1) is 0 Å². The number of rotatable bonds is 4. The van der Waals surface area contributed by atoms with Gasteiger partial charge in [-0.3, -0.25) is 9.48 Å². The molecule has 1 aromatic heterocycles. The highest BCUT2D eigenvalue weighted by Gasteiger charge is 2.28. The Bertz CT molecular complexity index is 623. The molecule has 8 heteroatoms. The number of hydrogen-bond acceptors (Lipinski definition) is 3. The molecule has 0 radical (unpaired) electrons. The first-order chi connectivity index (χ1) is 12.0. The first-order valence-electron chi connectivity index (χ1n) is 9.27. The van der Waals surface area contributed by atoms with Crippen LogP contribution in [0.15, 0.2) is 17.4 Å². The molecule has 7 nitrogen and oxygen atoms in total. The highest BCUT2D eigenvalue weighted by Crippen LogP contribution is 2.27. The molecule has 1 aliphatic carbocycles. The molecule has 1 unspecified atom stereocenters. The quantitative estimate of drug-likeness (QED) is 0.411. The zero-order chi connectivity index (χ0) is 17.8. The van der Waals surface area contributed by atoms with Gasteiger partial charge in [-0.05, 0) is 24.8 Å². The number of guanidine groups is 1. The zero-order valence-electron chi connectivity index (χ0n) is 16.0. The lowest BCUT2D eigenvalue weighted by atomic mass is 10.0. The zero-order valence-corrected chi connectivity index (χ0v) is 18.3. The molecule has 0 spiro atoms. The molecule has 2 fully saturated rings. The number of amides is 1. The van der Waals surface area contributed by atoms with Gasteiger partial charge in [-0.1, -0.05) is 12.8 Å². The van der Waals surface area contributed by atoms with Crippen molar-refractivity contribution in [2.24, 2.45) is 12.0 Å². The van der Waals surface area contributed by atoms with E-state index in [2.05, 4.69) is 26.5 Å². The van der Waals surface area contributed by atoms with Gasteiger partial charge in [-0.2, -0.15) is 5.10 Å². The van der Waals surface area contributed by atoms with Crippen molar-refractivity contribution in [3.63, 3.8) is 0 Å². The van der Waals surface area contributed by atoms with Crippen LogP contribution in [0.4, 0.5) is 0 Å². The van der Waals surface area contributed by atoms with Crippen LogP contribution in [0.2, 0.25) is 0 Å². The monoisotopic (exact) mass is 474 g/mol. The normalized spacial score (nSPS) is 21.0. The SMILES string of the molecule is CN(C)C(=O)CN=C(NC1CCCC1)N1CCC(c2cnn(C)c2)C1.I. The summed E-state index contributed by atoms with van der Waals surface area (Å²) in [6.07, 6.45) is 10.1. The number of aryl methyl sites for hydroxylation is 1. The van der Waals surface area contributed by atoms with Gasteiger partial charge in [0, 0.05) is 52.4 Å². The molecule has 3 rings (SSSR count). The molecule has 1 saturated heterocycles. The fourth-order valence-corrected chi connectivity index (χ4v) is 3.65. The van der Waals surface area contributed by atoms with Gasteiger partial charge in [0.05, 0.1) is 6.20 Å². The van der Waals surface area contributed by atoms with Gasteiger partial charge in [0.15, 0.2) is 5.96 Å². The minimum Gasteiger partial charge on any atom is -0.353 e. The molecule has 26 heavy (non-hydrogen) atoms. The van der Waals surface area contributed by atoms with E-state index >= 15 is 0 Å². The summed E-state index contributed by atoms with van der Waals surface area (Å²) in [7, 11) is 5.50. The largest absolute Gasteiger partial charge is 0.353 e. The summed E-state index contributed by atoms with van der Waals surface area (Å²) < 4.78 is 1.86. The van der Waals surface area contributed by atoms with E-state index in [1.165, 1.54) is 31.2 Å². The molecule has 1 N–H and O–H groups in total. The molecule has 1 amide bonds. The maximum absolute atomic E-state index is 11.9. The molecule has 2 heterocycles. The van der Waals surface area contributed by atoms with E-state index in [0.717, 1.165) is 25.5 Å². The number of likely N-dealkylation sites (N-methyl/N-ethyl adjacent to an activating group) is 1. The molecule has 1 atom stereocenters. The maximum Gasteiger partial charge on any atom is 0.243 e. The van der Waals surface area contributed by atoms with Crippen molar-refractivity contribution in [2.75, 3.05) is 33.7 Å². The first-order valence-corrected chi connectivity index (χ1v) is 9.27. The van der Waals surface area contributed by atoms with Gasteiger partial charge in [0.1, 0.15) is 6.54 Å². The molecule has 0 aromatic carbocycles. The van der Waals surface area contributed by atoms with Crippen molar-refractivity contribution < 1.29 is 4.79 Å². The molecular weight excluding hydrogens is 443 g/mol. The number of nitrogens with zero attached hydrogens (tertiary/aromatic N) is 5. The van der Waals surface area contributed by atoms with Crippen molar-refractivity contribution >= 4 is 35.8 Å². The molecule has 1 saturated carbocycles. The van der Waals surface area contributed by atoms with Crippen molar-refractivity contribution in [1.29, 1.82) is 0 Å². The van der Waals surface area contributed by atoms with Crippen molar-refractivity contribution in [2.45, 2.75) is 44.1 Å². The lowest BCUT2D eigenvalue weighted by molar-refractivity contribution is -0.127. The van der Waals surface area contributed by atoms with Crippen molar-refractivity contribution in [1.82, 2.24) is 24.9 Å². The van der Waals surface area contributed by atoms with Crippen LogP contribution in [-0.4, -0.2) is 71.2 Å². The van der Waals surface area contributed by atoms with Crippen LogP contribution in [0.3, 0.4) is 0 Å². The Morgan fingerprint density at radius 1 is 1.35 bits per heavy atom. The lowest BCUT2D eigenvalue weighted by Crippen LogP contribution is -2.44. The highest BCUT2D eigenvalue weighted by atomic mass is 127. The summed E-state index contributed by atoms with van der Waals surface area (Å²) >= 11 is 0. The Hall–Kier alpha value is -1.32. The van der Waals surface area contributed by atoms with E-state index in [1.807, 2.05) is 17.9 Å². The van der Waals surface area contributed by atoms with Crippen LogP contribution >= 0.6 is 24.0 Å². The van der Waals surface area contributed by atoms with Crippen LogP contribution < -0.4 is 5.32 Å². The molecule has 2 aliphatic rings. The first kappa shape index (κ1) is 21.0. The molecule has 146 valence electrons. The van der Waals surface area contributed by atoms with Gasteiger partial charge >= 0.3 is 0 Å². The number of carbonyl (C=O) groups is 1. The minimum absolute atomic E-state index is 0. The van der Waals surface area contributed by atoms with E-state index in [1.54, 1.807) is 19.0 Å². The molecule has 0 bridgehead atoms. The topological polar surface area (TPSA) is 65.8 Å². The number of halogens is 1. The fraction of sp³-hybridized carbons (Fsp3) is 0.722. The number of aliphatic imine (C=N–C) groups is 1. The number of aromatic nitrogens is 2. The second-order valence-corrected chi connectivity index (χ2v) is 7.43. The van der Waals surface area contributed by atoms with Crippen LogP contribution in [0.5, 0.6) is 0 Å². The van der Waals surface area contributed by atoms with Gasteiger partial charge in [-0.25, -0.2) is 4.99 Å². The lowest BCUT2D eigenvalue weighted by Gasteiger charge is -2.25. The number of likely N-dealkylation sites (tertiary alicyclic amines) is 1. The summed E-state index contributed by atoms with van der Waals surface area (Å²) in [4.78, 5) is 20.5. The van der Waals surface area contributed by atoms with E-state index in [4.69, 9.17) is 0 Å². The molecule has 1 aliphatic heterocycles. The average molecular weight is 474 g/mol. The predicted octanol–water partition coefficient (Wildman–Crippen LogP) is 1.80. The summed E-state index contributed by atoms with van der Waals surface area (Å²) in [5.41, 5.74) is 1.29. The second kappa shape index (κ2) is 9.57. The van der Waals surface area contributed by atoms with Crippen LogP contribution in [0.1, 0.15) is 43.6 Å². The minimum atomic E-state index is 0. The second-order valence-electron chi connectivity index (χ2n) is 7.43. The maximum atomic E-state index is 11.9. The van der Waals surface area contributed by atoms with Gasteiger partial charge in [0.2, 0.25) is 5.91 Å². The van der Waals surface area contributed by atoms with Gasteiger partial charge in [0.25, 0.3) is 0 Å². The van der Waals surface area contributed by atoms with E-state index in [-0.39, 0.29) is 36.4 Å². The van der Waals surface area contributed by atoms with E-state index in [9.17, 15) is 4.79 Å². The van der Waals surface area contributed by atoms with Crippen LogP contribution in [0.25, 0.3) is 0 Å². The van der Waals surface area contributed by atoms with Crippen molar-refractivity contribution in [3.8, 4) is 0 Å². The smallest absolute Gasteiger partial charge is 0.243 e. The third kappa shape index (κ3) is 5.34. The van der Waals surface area contributed by atoms with Gasteiger partial charge < -0.3 is 15.1 Å². The highest BCUT2D eigenvalue weighted by molar-refractivity contribution is 14.0. The number of nitrogens with one attached hydrogen (secondary N) is 1. The Morgan fingerprint density at radius 2 is 2.08 bits per heavy atom. The predicted molar refractivity (Wildman–Crippen MR) is 114 cm³/mol. The standard InChI is InChI=1S/C18H30N6O.HI/c1-22(2)17(25)11-19-18(21-16-6-4-5-7-16)24-9-8-14(13-24)15-10-20-23(3)12-15;/h10,12,14,16H,4-9,11,13H2,1-3H3,(H,19,21);1H. The van der Waals surface area contributed by atoms with Crippen LogP contribution in [-0.2, 0) is 11.8 Å². The number of carbonyl (C=O) groups excluding carboxylic acids is 1. The average Bonchev–Trinajstić information content (AvgIpc) is 3.31. The third-order valence-corrected chi connectivity index (χ3v) is 5.24. The van der Waals surface area contributed by atoms with E-state index < -0.39 is 0 Å². The molecule has 1 aromatic rings. The van der Waals surface area contributed by atoms with Crippen molar-refractivity contribution in [3.05, 3.63) is 18.0 Å². The Kier molecular flexibility index (Phi) is 7.72. The summed E-state index contributed by atoms with van der Waals surface area (Å²) in [5.74, 6) is 1.41.